The summed E-state index contributed by atoms with van der Waals surface area (Å²) >= 11 is 3.08. The van der Waals surface area contributed by atoms with Gasteiger partial charge in [-0.15, -0.1) is 11.3 Å². The number of aryl methyl sites for hydroxylation is 1. The molecule has 0 unspecified atom stereocenters. The van der Waals surface area contributed by atoms with Crippen LogP contribution >= 0.6 is 22.7 Å². The normalized spacial score (nSPS) is 10.8. The predicted molar refractivity (Wildman–Crippen MR) is 86.5 cm³/mol. The zero-order valence-corrected chi connectivity index (χ0v) is 12.6. The quantitative estimate of drug-likeness (QED) is 0.773. The molecule has 0 bridgehead atoms. The first kappa shape index (κ1) is 13.1. The number of nitrogen functional groups attached to an aromatic ring is 1. The number of hydrogen-bond acceptors (Lipinski definition) is 4. The van der Waals surface area contributed by atoms with Crippen LogP contribution < -0.4 is 11.1 Å². The monoisotopic (exact) mass is 302 g/mol. The van der Waals surface area contributed by atoms with Crippen molar-refractivity contribution in [1.82, 2.24) is 5.32 Å². The van der Waals surface area contributed by atoms with Gasteiger partial charge in [-0.2, -0.15) is 11.3 Å². The number of fused-ring (bicyclic) bond motifs is 1. The largest absolute Gasteiger partial charge is 0.397 e. The van der Waals surface area contributed by atoms with Gasteiger partial charge in [0.15, 0.2) is 0 Å². The fraction of sp³-hybridized carbons (Fsp3) is 0.133. The van der Waals surface area contributed by atoms with Gasteiger partial charge in [0.25, 0.3) is 5.91 Å². The van der Waals surface area contributed by atoms with E-state index in [1.165, 1.54) is 11.3 Å². The van der Waals surface area contributed by atoms with Crippen molar-refractivity contribution in [3.05, 3.63) is 51.0 Å². The molecule has 0 aliphatic carbocycles. The van der Waals surface area contributed by atoms with Crippen molar-refractivity contribution in [2.24, 2.45) is 0 Å². The first-order valence-corrected chi connectivity index (χ1v) is 7.99. The molecule has 3 N–H and O–H groups in total. The highest BCUT2D eigenvalue weighted by Crippen LogP contribution is 2.35. The Morgan fingerprint density at radius 3 is 2.90 bits per heavy atom. The fourth-order valence-electron chi connectivity index (χ4n) is 2.10. The average Bonchev–Trinajstić information content (AvgIpc) is 3.06. The van der Waals surface area contributed by atoms with E-state index in [1.54, 1.807) is 11.3 Å². The number of amides is 1. The number of rotatable bonds is 3. The van der Waals surface area contributed by atoms with E-state index in [-0.39, 0.29) is 5.91 Å². The molecule has 0 radical (unpaired) electrons. The maximum Gasteiger partial charge on any atom is 0.263 e. The second-order valence-corrected chi connectivity index (χ2v) is 6.41. The minimum absolute atomic E-state index is 0.102. The third-order valence-electron chi connectivity index (χ3n) is 3.19. The molecule has 0 atom stereocenters. The van der Waals surface area contributed by atoms with Crippen molar-refractivity contribution in [2.75, 3.05) is 5.73 Å². The second kappa shape index (κ2) is 5.26. The van der Waals surface area contributed by atoms with Crippen molar-refractivity contribution in [3.63, 3.8) is 0 Å². The van der Waals surface area contributed by atoms with Gasteiger partial charge in [-0.25, -0.2) is 0 Å². The molecule has 1 amide bonds. The topological polar surface area (TPSA) is 55.1 Å². The van der Waals surface area contributed by atoms with E-state index in [1.807, 2.05) is 41.9 Å². The molecule has 3 rings (SSSR count). The van der Waals surface area contributed by atoms with E-state index in [0.717, 1.165) is 21.2 Å². The summed E-state index contributed by atoms with van der Waals surface area (Å²) in [5.74, 6) is -0.102. The molecule has 0 aliphatic heterocycles. The van der Waals surface area contributed by atoms with Crippen LogP contribution in [0.15, 0.2) is 35.0 Å². The van der Waals surface area contributed by atoms with Gasteiger partial charge in [0.1, 0.15) is 4.88 Å². The van der Waals surface area contributed by atoms with Crippen LogP contribution in [-0.2, 0) is 6.54 Å². The molecule has 0 saturated heterocycles. The first-order valence-electron chi connectivity index (χ1n) is 6.23. The molecule has 3 nitrogen and oxygen atoms in total. The Hall–Kier alpha value is -1.85. The molecular weight excluding hydrogens is 288 g/mol. The van der Waals surface area contributed by atoms with Crippen LogP contribution in [0.5, 0.6) is 0 Å². The molecular formula is C15H14N2OS2. The second-order valence-electron chi connectivity index (χ2n) is 4.61. The van der Waals surface area contributed by atoms with Crippen LogP contribution in [0, 0.1) is 6.92 Å². The lowest BCUT2D eigenvalue weighted by atomic mass is 10.1. The minimum atomic E-state index is -0.102. The first-order chi connectivity index (χ1) is 9.66. The van der Waals surface area contributed by atoms with Crippen LogP contribution in [-0.4, -0.2) is 5.91 Å². The molecule has 0 saturated carbocycles. The smallest absolute Gasteiger partial charge is 0.263 e. The third kappa shape index (κ3) is 2.30. The van der Waals surface area contributed by atoms with Gasteiger partial charge < -0.3 is 11.1 Å². The lowest BCUT2D eigenvalue weighted by molar-refractivity contribution is 0.0956. The number of carbonyl (C=O) groups excluding carboxylic acids is 1. The highest BCUT2D eigenvalue weighted by Gasteiger charge is 2.16. The fourth-order valence-corrected chi connectivity index (χ4v) is 3.88. The molecule has 1 aromatic carbocycles. The SMILES string of the molecule is Cc1cccc2c(N)c(C(=O)NCc3ccsc3)sc12. The Kier molecular flexibility index (Phi) is 3.46. The zero-order valence-electron chi connectivity index (χ0n) is 11.0. The average molecular weight is 302 g/mol. The summed E-state index contributed by atoms with van der Waals surface area (Å²) in [6.07, 6.45) is 0. The Morgan fingerprint density at radius 1 is 1.35 bits per heavy atom. The molecule has 20 heavy (non-hydrogen) atoms. The minimum Gasteiger partial charge on any atom is -0.397 e. The molecule has 0 fully saturated rings. The number of thiophene rings is 2. The number of nitrogens with one attached hydrogen (secondary N) is 1. The van der Waals surface area contributed by atoms with Crippen LogP contribution in [0.25, 0.3) is 10.1 Å². The van der Waals surface area contributed by atoms with Crippen LogP contribution in [0.4, 0.5) is 5.69 Å². The Balaban J connectivity index is 1.88. The van der Waals surface area contributed by atoms with E-state index in [4.69, 9.17) is 5.73 Å². The van der Waals surface area contributed by atoms with Crippen LogP contribution in [0.3, 0.4) is 0 Å². The van der Waals surface area contributed by atoms with Gasteiger partial charge in [-0.05, 0) is 34.9 Å². The zero-order chi connectivity index (χ0) is 14.1. The van der Waals surface area contributed by atoms with Crippen LogP contribution in [0.2, 0.25) is 0 Å². The van der Waals surface area contributed by atoms with Crippen LogP contribution in [0.1, 0.15) is 20.8 Å². The molecule has 0 spiro atoms. The highest BCUT2D eigenvalue weighted by atomic mass is 32.1. The van der Waals surface area contributed by atoms with Gasteiger partial charge in [0, 0.05) is 16.6 Å². The van der Waals surface area contributed by atoms with Gasteiger partial charge in [-0.1, -0.05) is 18.2 Å². The van der Waals surface area contributed by atoms with Crippen molar-refractivity contribution < 1.29 is 4.79 Å². The Morgan fingerprint density at radius 2 is 2.20 bits per heavy atom. The van der Waals surface area contributed by atoms with Crippen molar-refractivity contribution in [2.45, 2.75) is 13.5 Å². The summed E-state index contributed by atoms with van der Waals surface area (Å²) < 4.78 is 1.09. The maximum atomic E-state index is 12.3. The summed E-state index contributed by atoms with van der Waals surface area (Å²) in [6, 6.07) is 7.96. The van der Waals surface area contributed by atoms with E-state index in [2.05, 4.69) is 5.32 Å². The van der Waals surface area contributed by atoms with Crippen molar-refractivity contribution >= 4 is 44.4 Å². The molecule has 5 heteroatoms. The van der Waals surface area contributed by atoms with E-state index in [9.17, 15) is 4.79 Å². The maximum absolute atomic E-state index is 12.3. The number of hydrogen-bond donors (Lipinski definition) is 2. The van der Waals surface area contributed by atoms with E-state index < -0.39 is 0 Å². The molecule has 0 aliphatic rings. The molecule has 2 heterocycles. The van der Waals surface area contributed by atoms with Crippen molar-refractivity contribution in [3.8, 4) is 0 Å². The lowest BCUT2D eigenvalue weighted by Crippen LogP contribution is -2.22. The molecule has 102 valence electrons. The summed E-state index contributed by atoms with van der Waals surface area (Å²) in [5.41, 5.74) is 8.95. The summed E-state index contributed by atoms with van der Waals surface area (Å²) in [6.45, 7) is 2.57. The standard InChI is InChI=1S/C15H14N2OS2/c1-9-3-2-4-11-12(16)14(20-13(9)11)15(18)17-7-10-5-6-19-8-10/h2-6,8H,7,16H2,1H3,(H,17,18). The summed E-state index contributed by atoms with van der Waals surface area (Å²) in [4.78, 5) is 12.9. The van der Waals surface area contributed by atoms with Crippen molar-refractivity contribution in [1.29, 1.82) is 0 Å². The van der Waals surface area contributed by atoms with Gasteiger partial charge >= 0.3 is 0 Å². The number of carbonyl (C=O) groups is 1. The Labute approximate surface area is 125 Å². The number of benzene rings is 1. The third-order valence-corrected chi connectivity index (χ3v) is 5.28. The number of anilines is 1. The summed E-state index contributed by atoms with van der Waals surface area (Å²) in [7, 11) is 0. The number of nitrogens with two attached hydrogens (primary N) is 1. The van der Waals surface area contributed by atoms with Gasteiger partial charge in [-0.3, -0.25) is 4.79 Å². The predicted octanol–water partition coefficient (Wildman–Crippen LogP) is 3.78. The molecule has 3 aromatic rings. The Bertz CT molecular complexity index is 760. The molecule has 2 aromatic heterocycles. The summed E-state index contributed by atoms with van der Waals surface area (Å²) in [5, 5.41) is 7.91. The van der Waals surface area contributed by atoms with Gasteiger partial charge in [0.05, 0.1) is 5.69 Å². The lowest BCUT2D eigenvalue weighted by Gasteiger charge is -2.02. The van der Waals surface area contributed by atoms with E-state index in [0.29, 0.717) is 17.1 Å². The van der Waals surface area contributed by atoms with Gasteiger partial charge in [0.2, 0.25) is 0 Å². The van der Waals surface area contributed by atoms with E-state index >= 15 is 0 Å². The highest BCUT2D eigenvalue weighted by molar-refractivity contribution is 7.21.